The Kier molecular flexibility index (Phi) is 3.25. The second-order valence-electron chi connectivity index (χ2n) is 3.93. The third-order valence-electron chi connectivity index (χ3n) is 2.86. The van der Waals surface area contributed by atoms with Crippen LogP contribution in [0.4, 0.5) is 5.00 Å². The van der Waals surface area contributed by atoms with Gasteiger partial charge in [0, 0.05) is 11.3 Å². The lowest BCUT2D eigenvalue weighted by Crippen LogP contribution is -2.09. The van der Waals surface area contributed by atoms with Gasteiger partial charge in [-0.15, -0.1) is 11.3 Å². The van der Waals surface area contributed by atoms with Crippen LogP contribution in [0, 0.1) is 11.3 Å². The number of carbonyl (C=O) groups excluding carboxylic acids is 1. The molecule has 2 rings (SSSR count). The van der Waals surface area contributed by atoms with Gasteiger partial charge in [0.2, 0.25) is 5.91 Å². The largest absolute Gasteiger partial charge is 0.317 e. The fourth-order valence-corrected chi connectivity index (χ4v) is 3.24. The van der Waals surface area contributed by atoms with Gasteiger partial charge >= 0.3 is 0 Å². The first-order valence-electron chi connectivity index (χ1n) is 5.60. The highest BCUT2D eigenvalue weighted by atomic mass is 32.1. The van der Waals surface area contributed by atoms with Gasteiger partial charge < -0.3 is 5.32 Å². The molecule has 1 N–H and O–H groups in total. The molecule has 0 aliphatic heterocycles. The van der Waals surface area contributed by atoms with Gasteiger partial charge in [-0.3, -0.25) is 4.79 Å². The Balaban J connectivity index is 2.35. The maximum absolute atomic E-state index is 11.3. The summed E-state index contributed by atoms with van der Waals surface area (Å²) in [5.41, 5.74) is 1.87. The summed E-state index contributed by atoms with van der Waals surface area (Å²) in [6.07, 6.45) is 4.83. The maximum Gasteiger partial charge on any atom is 0.224 e. The van der Waals surface area contributed by atoms with E-state index < -0.39 is 0 Å². The van der Waals surface area contributed by atoms with Crippen LogP contribution in [-0.2, 0) is 17.6 Å². The molecule has 0 saturated heterocycles. The summed E-state index contributed by atoms with van der Waals surface area (Å²) in [5.74, 6) is -0.0184. The standard InChI is InChI=1S/C12H14N2OS/c1-2-11(15)14-12-9(7-13)8-5-3-4-6-10(8)16-12/h2-6H2,1H3,(H,14,15). The number of nitriles is 1. The molecular formula is C12H14N2OS. The third-order valence-corrected chi connectivity index (χ3v) is 4.06. The van der Waals surface area contributed by atoms with Gasteiger partial charge in [-0.25, -0.2) is 0 Å². The zero-order chi connectivity index (χ0) is 11.5. The normalized spacial score (nSPS) is 14.0. The molecule has 1 heterocycles. The highest BCUT2D eigenvalue weighted by Gasteiger charge is 2.21. The molecule has 0 fully saturated rings. The van der Waals surface area contributed by atoms with E-state index in [0.717, 1.165) is 24.3 Å². The Bertz CT molecular complexity index is 456. The van der Waals surface area contributed by atoms with E-state index in [-0.39, 0.29) is 5.91 Å². The fourth-order valence-electron chi connectivity index (χ4n) is 1.99. The summed E-state index contributed by atoms with van der Waals surface area (Å²) < 4.78 is 0. The van der Waals surface area contributed by atoms with Crippen molar-refractivity contribution < 1.29 is 4.79 Å². The molecule has 84 valence electrons. The summed E-state index contributed by atoms with van der Waals surface area (Å²) in [5, 5.41) is 12.7. The quantitative estimate of drug-likeness (QED) is 0.855. The van der Waals surface area contributed by atoms with Crippen LogP contribution < -0.4 is 5.32 Å². The van der Waals surface area contributed by atoms with E-state index in [4.69, 9.17) is 5.26 Å². The Morgan fingerprint density at radius 2 is 2.25 bits per heavy atom. The first kappa shape index (κ1) is 11.2. The van der Waals surface area contributed by atoms with Crippen LogP contribution in [0.3, 0.4) is 0 Å². The topological polar surface area (TPSA) is 52.9 Å². The Hall–Kier alpha value is -1.34. The van der Waals surface area contributed by atoms with E-state index in [1.807, 2.05) is 6.92 Å². The summed E-state index contributed by atoms with van der Waals surface area (Å²) in [4.78, 5) is 12.6. The summed E-state index contributed by atoms with van der Waals surface area (Å²) in [6.45, 7) is 1.81. The van der Waals surface area contributed by atoms with Gasteiger partial charge in [-0.05, 0) is 31.2 Å². The molecule has 0 aromatic carbocycles. The van der Waals surface area contributed by atoms with Crippen molar-refractivity contribution in [2.75, 3.05) is 5.32 Å². The molecule has 16 heavy (non-hydrogen) atoms. The molecular weight excluding hydrogens is 220 g/mol. The summed E-state index contributed by atoms with van der Waals surface area (Å²) >= 11 is 1.58. The number of hydrogen-bond donors (Lipinski definition) is 1. The van der Waals surface area contributed by atoms with E-state index in [2.05, 4.69) is 11.4 Å². The molecule has 0 bridgehead atoms. The minimum absolute atomic E-state index is 0.0184. The van der Waals surface area contributed by atoms with E-state index in [1.165, 1.54) is 16.9 Å². The zero-order valence-electron chi connectivity index (χ0n) is 9.30. The Morgan fingerprint density at radius 3 is 2.94 bits per heavy atom. The number of rotatable bonds is 2. The monoisotopic (exact) mass is 234 g/mol. The molecule has 0 unspecified atom stereocenters. The molecule has 0 radical (unpaired) electrons. The van der Waals surface area contributed by atoms with Gasteiger partial charge in [0.15, 0.2) is 0 Å². The van der Waals surface area contributed by atoms with Gasteiger partial charge in [-0.1, -0.05) is 6.92 Å². The van der Waals surface area contributed by atoms with Crippen molar-refractivity contribution in [1.29, 1.82) is 5.26 Å². The van der Waals surface area contributed by atoms with Crippen LogP contribution in [0.5, 0.6) is 0 Å². The Morgan fingerprint density at radius 1 is 1.50 bits per heavy atom. The number of thiophene rings is 1. The average Bonchev–Trinajstić information content (AvgIpc) is 2.65. The molecule has 1 aliphatic carbocycles. The highest BCUT2D eigenvalue weighted by molar-refractivity contribution is 7.16. The van der Waals surface area contributed by atoms with Gasteiger partial charge in [0.05, 0.1) is 5.56 Å². The molecule has 1 aromatic rings. The van der Waals surface area contributed by atoms with E-state index >= 15 is 0 Å². The van der Waals surface area contributed by atoms with Crippen LogP contribution in [0.15, 0.2) is 0 Å². The number of carbonyl (C=O) groups is 1. The van der Waals surface area contributed by atoms with Crippen LogP contribution >= 0.6 is 11.3 Å². The second-order valence-corrected chi connectivity index (χ2v) is 5.03. The predicted octanol–water partition coefficient (Wildman–Crippen LogP) is 2.85. The number of amides is 1. The number of fused-ring (bicyclic) bond motifs is 1. The highest BCUT2D eigenvalue weighted by Crippen LogP contribution is 2.37. The predicted molar refractivity (Wildman–Crippen MR) is 64.6 cm³/mol. The number of aryl methyl sites for hydroxylation is 1. The van der Waals surface area contributed by atoms with Crippen molar-refractivity contribution >= 4 is 22.2 Å². The van der Waals surface area contributed by atoms with Crippen molar-refractivity contribution in [2.24, 2.45) is 0 Å². The second kappa shape index (κ2) is 4.67. The SMILES string of the molecule is CCC(=O)Nc1sc2c(c1C#N)CCCC2. The number of anilines is 1. The van der Waals surface area contributed by atoms with Gasteiger partial charge in [0.25, 0.3) is 0 Å². The van der Waals surface area contributed by atoms with Crippen molar-refractivity contribution in [3.63, 3.8) is 0 Å². The van der Waals surface area contributed by atoms with Crippen LogP contribution in [-0.4, -0.2) is 5.91 Å². The molecule has 0 spiro atoms. The minimum Gasteiger partial charge on any atom is -0.317 e. The average molecular weight is 234 g/mol. The van der Waals surface area contributed by atoms with Crippen molar-refractivity contribution in [3.8, 4) is 6.07 Å². The molecule has 0 atom stereocenters. The van der Waals surface area contributed by atoms with Crippen LogP contribution in [0.25, 0.3) is 0 Å². The first-order valence-corrected chi connectivity index (χ1v) is 6.42. The third kappa shape index (κ3) is 1.96. The molecule has 0 saturated carbocycles. The lowest BCUT2D eigenvalue weighted by Gasteiger charge is -2.09. The Labute approximate surface area is 99.1 Å². The van der Waals surface area contributed by atoms with Crippen molar-refractivity contribution in [2.45, 2.75) is 39.0 Å². The number of nitrogens with zero attached hydrogens (tertiary/aromatic N) is 1. The van der Waals surface area contributed by atoms with E-state index in [9.17, 15) is 4.79 Å². The smallest absolute Gasteiger partial charge is 0.224 e. The number of hydrogen-bond acceptors (Lipinski definition) is 3. The zero-order valence-corrected chi connectivity index (χ0v) is 10.1. The lowest BCUT2D eigenvalue weighted by molar-refractivity contribution is -0.115. The molecule has 3 nitrogen and oxygen atoms in total. The summed E-state index contributed by atoms with van der Waals surface area (Å²) in [6, 6.07) is 2.23. The van der Waals surface area contributed by atoms with Crippen LogP contribution in [0.2, 0.25) is 0 Å². The molecule has 1 amide bonds. The fraction of sp³-hybridized carbons (Fsp3) is 0.500. The van der Waals surface area contributed by atoms with Crippen LogP contribution in [0.1, 0.15) is 42.2 Å². The summed E-state index contributed by atoms with van der Waals surface area (Å²) in [7, 11) is 0. The maximum atomic E-state index is 11.3. The van der Waals surface area contributed by atoms with Gasteiger partial charge in [0.1, 0.15) is 11.1 Å². The number of nitrogens with one attached hydrogen (secondary N) is 1. The molecule has 4 heteroatoms. The van der Waals surface area contributed by atoms with E-state index in [0.29, 0.717) is 12.0 Å². The minimum atomic E-state index is -0.0184. The van der Waals surface area contributed by atoms with Gasteiger partial charge in [-0.2, -0.15) is 5.26 Å². The molecule has 1 aromatic heterocycles. The first-order chi connectivity index (χ1) is 7.76. The van der Waals surface area contributed by atoms with Crippen molar-refractivity contribution in [3.05, 3.63) is 16.0 Å². The van der Waals surface area contributed by atoms with E-state index in [1.54, 1.807) is 11.3 Å². The van der Waals surface area contributed by atoms with Crippen molar-refractivity contribution in [1.82, 2.24) is 0 Å². The molecule has 1 aliphatic rings. The lowest BCUT2D eigenvalue weighted by atomic mass is 9.96.